The van der Waals surface area contributed by atoms with Gasteiger partial charge in [-0.3, -0.25) is 4.79 Å². The molecule has 2 aliphatic rings. The molecule has 1 amide bonds. The summed E-state index contributed by atoms with van der Waals surface area (Å²) >= 11 is 0. The average molecular weight is 286 g/mol. The highest BCUT2D eigenvalue weighted by Crippen LogP contribution is 2.27. The maximum absolute atomic E-state index is 12.7. The maximum atomic E-state index is 12.7. The second kappa shape index (κ2) is 6.61. The van der Waals surface area contributed by atoms with Crippen LogP contribution in [0.15, 0.2) is 24.3 Å². The largest absolute Gasteiger partial charge is 0.345 e. The number of fused-ring (bicyclic) bond motifs is 1. The summed E-state index contributed by atoms with van der Waals surface area (Å²) in [5.74, 6) is 1.15. The van der Waals surface area contributed by atoms with Crippen molar-refractivity contribution < 1.29 is 4.79 Å². The highest BCUT2D eigenvalue weighted by Gasteiger charge is 2.28. The Morgan fingerprint density at radius 1 is 1.29 bits per heavy atom. The lowest BCUT2D eigenvalue weighted by Gasteiger charge is -2.31. The van der Waals surface area contributed by atoms with Crippen molar-refractivity contribution in [3.05, 3.63) is 35.4 Å². The molecule has 2 unspecified atom stereocenters. The molecule has 0 spiro atoms. The summed E-state index contributed by atoms with van der Waals surface area (Å²) in [6, 6.07) is 8.57. The first-order valence-electron chi connectivity index (χ1n) is 8.26. The smallest absolute Gasteiger partial charge is 0.225 e. The van der Waals surface area contributed by atoms with Crippen LogP contribution in [0, 0.1) is 11.8 Å². The van der Waals surface area contributed by atoms with Crippen LogP contribution in [0.3, 0.4) is 0 Å². The van der Waals surface area contributed by atoms with Crippen molar-refractivity contribution >= 4 is 5.91 Å². The van der Waals surface area contributed by atoms with Gasteiger partial charge < -0.3 is 10.2 Å². The Labute approximate surface area is 127 Å². The van der Waals surface area contributed by atoms with E-state index in [-0.39, 0.29) is 5.92 Å². The predicted octanol–water partition coefficient (Wildman–Crippen LogP) is 2.25. The lowest BCUT2D eigenvalue weighted by molar-refractivity contribution is -0.135. The summed E-state index contributed by atoms with van der Waals surface area (Å²) in [4.78, 5) is 14.7. The average Bonchev–Trinajstić information content (AvgIpc) is 2.54. The van der Waals surface area contributed by atoms with E-state index in [0.717, 1.165) is 38.9 Å². The van der Waals surface area contributed by atoms with Gasteiger partial charge in [0.2, 0.25) is 5.91 Å². The number of benzene rings is 1. The number of carbonyl (C=O) groups excluding carboxylic acids is 1. The zero-order valence-electron chi connectivity index (χ0n) is 13.0. The summed E-state index contributed by atoms with van der Waals surface area (Å²) < 4.78 is 0. The number of aryl methyl sites for hydroxylation is 1. The minimum atomic E-state index is 0.182. The van der Waals surface area contributed by atoms with Gasteiger partial charge in [0, 0.05) is 19.5 Å². The minimum Gasteiger partial charge on any atom is -0.345 e. The van der Waals surface area contributed by atoms with E-state index >= 15 is 0 Å². The fourth-order valence-corrected chi connectivity index (χ4v) is 3.78. The molecular formula is C18H26N2O. The summed E-state index contributed by atoms with van der Waals surface area (Å²) in [7, 11) is 1.98. The molecule has 0 saturated carbocycles. The molecule has 0 aromatic heterocycles. The molecule has 0 radical (unpaired) electrons. The molecule has 1 heterocycles. The molecule has 1 N–H and O–H groups in total. The van der Waals surface area contributed by atoms with Gasteiger partial charge in [0.05, 0.1) is 0 Å². The van der Waals surface area contributed by atoms with Gasteiger partial charge in [0.25, 0.3) is 0 Å². The molecule has 1 saturated heterocycles. The molecule has 1 aromatic carbocycles. The molecule has 0 bridgehead atoms. The first-order valence-corrected chi connectivity index (χ1v) is 8.26. The summed E-state index contributed by atoms with van der Waals surface area (Å²) in [6.45, 7) is 3.10. The third-order valence-corrected chi connectivity index (χ3v) is 5.00. The van der Waals surface area contributed by atoms with Crippen LogP contribution >= 0.6 is 0 Å². The fourth-order valence-electron chi connectivity index (χ4n) is 3.78. The van der Waals surface area contributed by atoms with Gasteiger partial charge in [-0.25, -0.2) is 0 Å². The van der Waals surface area contributed by atoms with Crippen LogP contribution in [0.4, 0.5) is 0 Å². The molecular weight excluding hydrogens is 260 g/mol. The maximum Gasteiger partial charge on any atom is 0.225 e. The molecule has 114 valence electrons. The Morgan fingerprint density at radius 3 is 2.86 bits per heavy atom. The monoisotopic (exact) mass is 286 g/mol. The lowest BCUT2D eigenvalue weighted by atomic mass is 9.83. The Bertz CT molecular complexity index is 494. The third kappa shape index (κ3) is 3.46. The van der Waals surface area contributed by atoms with Gasteiger partial charge in [-0.15, -0.1) is 0 Å². The van der Waals surface area contributed by atoms with Crippen LogP contribution in [-0.2, 0) is 17.6 Å². The van der Waals surface area contributed by atoms with Crippen LogP contribution in [0.5, 0.6) is 0 Å². The van der Waals surface area contributed by atoms with E-state index in [2.05, 4.69) is 29.6 Å². The van der Waals surface area contributed by atoms with E-state index in [1.165, 1.54) is 24.0 Å². The van der Waals surface area contributed by atoms with Crippen molar-refractivity contribution in [2.75, 3.05) is 26.7 Å². The van der Waals surface area contributed by atoms with Crippen LogP contribution < -0.4 is 5.32 Å². The molecule has 1 aromatic rings. The Hall–Kier alpha value is -1.35. The van der Waals surface area contributed by atoms with Crippen molar-refractivity contribution in [3.8, 4) is 0 Å². The van der Waals surface area contributed by atoms with Crippen molar-refractivity contribution in [2.24, 2.45) is 11.8 Å². The normalized spacial score (nSPS) is 25.2. The van der Waals surface area contributed by atoms with E-state index in [0.29, 0.717) is 11.8 Å². The molecule has 1 aliphatic carbocycles. The van der Waals surface area contributed by atoms with E-state index in [9.17, 15) is 4.79 Å². The summed E-state index contributed by atoms with van der Waals surface area (Å²) in [6.07, 6.45) is 5.46. The molecule has 1 aliphatic heterocycles. The first kappa shape index (κ1) is 14.6. The first-order chi connectivity index (χ1) is 10.2. The topological polar surface area (TPSA) is 32.3 Å². The second-order valence-electron chi connectivity index (χ2n) is 6.64. The SMILES string of the molecule is CN(CC1CCCNC1)C(=O)C1CCc2ccccc2C1. The van der Waals surface area contributed by atoms with Crippen molar-refractivity contribution in [2.45, 2.75) is 32.1 Å². The number of piperidine rings is 1. The van der Waals surface area contributed by atoms with Gasteiger partial charge in [-0.05, 0) is 62.2 Å². The van der Waals surface area contributed by atoms with Gasteiger partial charge in [0.1, 0.15) is 0 Å². The molecule has 1 fully saturated rings. The zero-order valence-corrected chi connectivity index (χ0v) is 13.0. The van der Waals surface area contributed by atoms with Crippen molar-refractivity contribution in [1.82, 2.24) is 10.2 Å². The predicted molar refractivity (Wildman–Crippen MR) is 85.2 cm³/mol. The van der Waals surface area contributed by atoms with Gasteiger partial charge >= 0.3 is 0 Å². The number of hydrogen-bond acceptors (Lipinski definition) is 2. The number of nitrogens with one attached hydrogen (secondary N) is 1. The highest BCUT2D eigenvalue weighted by atomic mass is 16.2. The molecule has 21 heavy (non-hydrogen) atoms. The van der Waals surface area contributed by atoms with E-state index in [4.69, 9.17) is 0 Å². The number of rotatable bonds is 3. The summed E-state index contributed by atoms with van der Waals surface area (Å²) in [5, 5.41) is 3.43. The molecule has 3 heteroatoms. The standard InChI is InChI=1S/C18H26N2O/c1-20(13-14-5-4-10-19-12-14)18(21)17-9-8-15-6-2-3-7-16(15)11-17/h2-3,6-7,14,17,19H,4-5,8-13H2,1H3. The summed E-state index contributed by atoms with van der Waals surface area (Å²) in [5.41, 5.74) is 2.80. The lowest BCUT2D eigenvalue weighted by Crippen LogP contribution is -2.42. The number of hydrogen-bond donors (Lipinski definition) is 1. The van der Waals surface area contributed by atoms with Crippen LogP contribution in [0.1, 0.15) is 30.4 Å². The van der Waals surface area contributed by atoms with E-state index in [1.807, 2.05) is 11.9 Å². The van der Waals surface area contributed by atoms with Crippen LogP contribution in [0.2, 0.25) is 0 Å². The number of nitrogens with zero attached hydrogens (tertiary/aromatic N) is 1. The van der Waals surface area contributed by atoms with Crippen LogP contribution in [-0.4, -0.2) is 37.5 Å². The second-order valence-corrected chi connectivity index (χ2v) is 6.64. The van der Waals surface area contributed by atoms with Gasteiger partial charge in [-0.1, -0.05) is 24.3 Å². The van der Waals surface area contributed by atoms with Gasteiger partial charge in [-0.2, -0.15) is 0 Å². The zero-order chi connectivity index (χ0) is 14.7. The van der Waals surface area contributed by atoms with Crippen molar-refractivity contribution in [1.29, 1.82) is 0 Å². The third-order valence-electron chi connectivity index (χ3n) is 5.00. The van der Waals surface area contributed by atoms with Crippen LogP contribution in [0.25, 0.3) is 0 Å². The van der Waals surface area contributed by atoms with E-state index < -0.39 is 0 Å². The quantitative estimate of drug-likeness (QED) is 0.924. The van der Waals surface area contributed by atoms with Gasteiger partial charge in [0.15, 0.2) is 0 Å². The number of carbonyl (C=O) groups is 1. The molecule has 3 nitrogen and oxygen atoms in total. The molecule has 3 rings (SSSR count). The molecule has 2 atom stereocenters. The fraction of sp³-hybridized carbons (Fsp3) is 0.611. The van der Waals surface area contributed by atoms with E-state index in [1.54, 1.807) is 0 Å². The highest BCUT2D eigenvalue weighted by molar-refractivity contribution is 5.79. The minimum absolute atomic E-state index is 0.182. The van der Waals surface area contributed by atoms with Crippen molar-refractivity contribution in [3.63, 3.8) is 0 Å². The Balaban J connectivity index is 1.58. The Kier molecular flexibility index (Phi) is 4.59. The Morgan fingerprint density at radius 2 is 2.10 bits per heavy atom. The number of amides is 1.